The summed E-state index contributed by atoms with van der Waals surface area (Å²) in [5.41, 5.74) is 10.3. The third-order valence-corrected chi connectivity index (χ3v) is 7.13. The Kier molecular flexibility index (Phi) is 6.05. The minimum absolute atomic E-state index is 0.0916. The maximum Gasteiger partial charge on any atom is 0.169 e. The number of nitrogens with one attached hydrogen (secondary N) is 1. The van der Waals surface area contributed by atoms with E-state index < -0.39 is 0 Å². The maximum absolute atomic E-state index is 10.3. The molecule has 3 saturated heterocycles. The molecule has 5 heterocycles. The SMILES string of the molecule is Nc1nnc(-c2ccccc2O)cc1N1CC2CCC(C1)N2c1ccnc(C#CC2CNCCO2)c1. The zero-order chi connectivity index (χ0) is 24.5. The number of nitrogen functional groups attached to an aromatic ring is 1. The second kappa shape index (κ2) is 9.64. The van der Waals surface area contributed by atoms with Crippen LogP contribution in [0.3, 0.4) is 0 Å². The van der Waals surface area contributed by atoms with Crippen molar-refractivity contribution in [2.24, 2.45) is 0 Å². The van der Waals surface area contributed by atoms with Crippen LogP contribution in [0.4, 0.5) is 17.2 Å². The number of phenols is 1. The van der Waals surface area contributed by atoms with Crippen LogP contribution >= 0.6 is 0 Å². The van der Waals surface area contributed by atoms with Crippen LogP contribution in [-0.2, 0) is 4.74 Å². The van der Waals surface area contributed by atoms with Gasteiger partial charge in [-0.1, -0.05) is 18.1 Å². The van der Waals surface area contributed by atoms with Gasteiger partial charge in [-0.15, -0.1) is 10.2 Å². The van der Waals surface area contributed by atoms with Crippen molar-refractivity contribution in [1.29, 1.82) is 0 Å². The Balaban J connectivity index is 1.22. The number of hydrogen-bond donors (Lipinski definition) is 3. The molecule has 2 aromatic heterocycles. The quantitative estimate of drug-likeness (QED) is 0.482. The number of morpholine rings is 1. The number of hydrogen-bond acceptors (Lipinski definition) is 9. The summed E-state index contributed by atoms with van der Waals surface area (Å²) >= 11 is 0. The third-order valence-electron chi connectivity index (χ3n) is 7.13. The van der Waals surface area contributed by atoms with Crippen LogP contribution in [0, 0.1) is 11.8 Å². The zero-order valence-corrected chi connectivity index (χ0v) is 20.0. The number of phenolic OH excluding ortho intramolecular Hbond substituents is 1. The molecule has 3 atom stereocenters. The number of anilines is 3. The van der Waals surface area contributed by atoms with Crippen molar-refractivity contribution < 1.29 is 9.84 Å². The number of benzene rings is 1. The van der Waals surface area contributed by atoms with Crippen molar-refractivity contribution in [3.63, 3.8) is 0 Å². The molecule has 6 rings (SSSR count). The number of para-hydroxylation sites is 1. The first-order chi connectivity index (χ1) is 17.7. The Labute approximate surface area is 210 Å². The molecule has 36 heavy (non-hydrogen) atoms. The van der Waals surface area contributed by atoms with Gasteiger partial charge in [0, 0.05) is 55.7 Å². The van der Waals surface area contributed by atoms with E-state index in [4.69, 9.17) is 10.5 Å². The summed E-state index contributed by atoms with van der Waals surface area (Å²) in [5.74, 6) is 6.97. The zero-order valence-electron chi connectivity index (χ0n) is 20.0. The monoisotopic (exact) mass is 483 g/mol. The fourth-order valence-corrected chi connectivity index (χ4v) is 5.45. The lowest BCUT2D eigenvalue weighted by Gasteiger charge is -2.43. The van der Waals surface area contributed by atoms with E-state index in [0.29, 0.717) is 35.8 Å². The molecule has 1 aromatic carbocycles. The molecule has 9 nitrogen and oxygen atoms in total. The first-order valence-corrected chi connectivity index (χ1v) is 12.4. The number of aromatic hydroxyl groups is 1. The first kappa shape index (κ1) is 22.6. The van der Waals surface area contributed by atoms with E-state index in [1.807, 2.05) is 24.4 Å². The van der Waals surface area contributed by atoms with E-state index in [-0.39, 0.29) is 11.9 Å². The van der Waals surface area contributed by atoms with Gasteiger partial charge in [0.2, 0.25) is 0 Å². The number of nitrogens with zero attached hydrogens (tertiary/aromatic N) is 5. The molecule has 3 aliphatic rings. The molecule has 2 bridgehead atoms. The Morgan fingerprint density at radius 1 is 1.08 bits per heavy atom. The average Bonchev–Trinajstić information content (AvgIpc) is 3.18. The largest absolute Gasteiger partial charge is 0.507 e. The minimum Gasteiger partial charge on any atom is -0.507 e. The Hall–Kier alpha value is -3.87. The number of aromatic nitrogens is 3. The van der Waals surface area contributed by atoms with Crippen molar-refractivity contribution in [1.82, 2.24) is 20.5 Å². The molecule has 0 spiro atoms. The van der Waals surface area contributed by atoms with Crippen LogP contribution < -0.4 is 20.9 Å². The van der Waals surface area contributed by atoms with Crippen LogP contribution in [0.25, 0.3) is 11.3 Å². The topological polar surface area (TPSA) is 113 Å². The highest BCUT2D eigenvalue weighted by atomic mass is 16.5. The van der Waals surface area contributed by atoms with Crippen LogP contribution in [0.1, 0.15) is 18.5 Å². The van der Waals surface area contributed by atoms with Gasteiger partial charge < -0.3 is 30.7 Å². The predicted molar refractivity (Wildman–Crippen MR) is 139 cm³/mol. The van der Waals surface area contributed by atoms with Gasteiger partial charge in [-0.2, -0.15) is 0 Å². The summed E-state index contributed by atoms with van der Waals surface area (Å²) in [5, 5.41) is 22.0. The summed E-state index contributed by atoms with van der Waals surface area (Å²) in [6.45, 7) is 3.97. The summed E-state index contributed by atoms with van der Waals surface area (Å²) in [6, 6.07) is 13.9. The summed E-state index contributed by atoms with van der Waals surface area (Å²) < 4.78 is 5.68. The molecule has 3 unspecified atom stereocenters. The number of piperazine rings is 1. The van der Waals surface area contributed by atoms with E-state index in [0.717, 1.165) is 56.1 Å². The predicted octanol–water partition coefficient (Wildman–Crippen LogP) is 2.02. The second-order valence-corrected chi connectivity index (χ2v) is 9.45. The molecule has 9 heteroatoms. The van der Waals surface area contributed by atoms with Crippen molar-refractivity contribution >= 4 is 17.2 Å². The number of fused-ring (bicyclic) bond motifs is 2. The van der Waals surface area contributed by atoms with Gasteiger partial charge in [-0.3, -0.25) is 0 Å². The highest BCUT2D eigenvalue weighted by Crippen LogP contribution is 2.38. The molecule has 0 amide bonds. The van der Waals surface area contributed by atoms with Crippen LogP contribution in [0.2, 0.25) is 0 Å². The molecule has 0 aliphatic carbocycles. The van der Waals surface area contributed by atoms with Crippen molar-refractivity contribution in [3.05, 3.63) is 54.4 Å². The van der Waals surface area contributed by atoms with Gasteiger partial charge in [0.1, 0.15) is 17.5 Å². The van der Waals surface area contributed by atoms with Gasteiger partial charge in [0.25, 0.3) is 0 Å². The number of rotatable bonds is 3. The highest BCUT2D eigenvalue weighted by molar-refractivity contribution is 5.74. The second-order valence-electron chi connectivity index (χ2n) is 9.45. The molecular formula is C27H29N7O2. The maximum atomic E-state index is 10.3. The summed E-state index contributed by atoms with van der Waals surface area (Å²) in [6.07, 6.45) is 3.97. The van der Waals surface area contributed by atoms with Crippen LogP contribution in [0.5, 0.6) is 5.75 Å². The normalized spacial score (nSPS) is 23.3. The van der Waals surface area contributed by atoms with Crippen molar-refractivity contribution in [3.8, 4) is 28.8 Å². The molecule has 0 saturated carbocycles. The van der Waals surface area contributed by atoms with Crippen molar-refractivity contribution in [2.75, 3.05) is 48.3 Å². The smallest absolute Gasteiger partial charge is 0.169 e. The highest BCUT2D eigenvalue weighted by Gasteiger charge is 2.40. The minimum atomic E-state index is -0.0916. The molecule has 3 fully saturated rings. The molecule has 3 aromatic rings. The Morgan fingerprint density at radius 2 is 1.92 bits per heavy atom. The molecule has 4 N–H and O–H groups in total. The number of pyridine rings is 1. The van der Waals surface area contributed by atoms with E-state index in [1.165, 1.54) is 0 Å². The Morgan fingerprint density at radius 3 is 2.69 bits per heavy atom. The van der Waals surface area contributed by atoms with Gasteiger partial charge in [0.15, 0.2) is 5.82 Å². The van der Waals surface area contributed by atoms with Gasteiger partial charge >= 0.3 is 0 Å². The van der Waals surface area contributed by atoms with E-state index >= 15 is 0 Å². The molecular weight excluding hydrogens is 454 g/mol. The summed E-state index contributed by atoms with van der Waals surface area (Å²) in [7, 11) is 0. The lowest BCUT2D eigenvalue weighted by molar-refractivity contribution is 0.0651. The summed E-state index contributed by atoms with van der Waals surface area (Å²) in [4.78, 5) is 9.29. The van der Waals surface area contributed by atoms with E-state index in [2.05, 4.69) is 54.3 Å². The molecule has 3 aliphatic heterocycles. The fourth-order valence-electron chi connectivity index (χ4n) is 5.45. The molecule has 0 radical (unpaired) electrons. The third kappa shape index (κ3) is 4.41. The Bertz CT molecular complexity index is 1300. The van der Waals surface area contributed by atoms with E-state index in [9.17, 15) is 5.11 Å². The fraction of sp³-hybridized carbons (Fsp3) is 0.370. The van der Waals surface area contributed by atoms with Gasteiger partial charge in [-0.25, -0.2) is 4.98 Å². The standard InChI is InChI=1S/C27H29N7O2/c28-27-25(14-24(31-32-27)23-3-1-2-4-26(23)35)33-16-20-6-7-21(17-33)34(20)19-9-10-30-18(13-19)5-8-22-15-29-11-12-36-22/h1-4,9-10,13-14,20-22,29,35H,6-7,11-12,15-17H2,(H2,28,32). The lowest BCUT2D eigenvalue weighted by Crippen LogP contribution is -2.54. The van der Waals surface area contributed by atoms with Crippen LogP contribution in [-0.4, -0.2) is 71.3 Å². The van der Waals surface area contributed by atoms with Gasteiger partial charge in [-0.05, 0) is 49.1 Å². The average molecular weight is 484 g/mol. The molecule has 184 valence electrons. The van der Waals surface area contributed by atoms with Crippen molar-refractivity contribution in [2.45, 2.75) is 31.0 Å². The number of nitrogens with two attached hydrogens (primary N) is 1. The lowest BCUT2D eigenvalue weighted by atomic mass is 10.1. The first-order valence-electron chi connectivity index (χ1n) is 12.4. The number of ether oxygens (including phenoxy) is 1. The van der Waals surface area contributed by atoms with Gasteiger partial charge in [0.05, 0.1) is 18.0 Å². The van der Waals surface area contributed by atoms with E-state index in [1.54, 1.807) is 12.1 Å². The van der Waals surface area contributed by atoms with Crippen LogP contribution in [0.15, 0.2) is 48.7 Å².